The molecule has 8 nitrogen and oxygen atoms in total. The molecule has 1 N–H and O–H groups in total. The van der Waals surface area contributed by atoms with Gasteiger partial charge in [-0.25, -0.2) is 0 Å². The van der Waals surface area contributed by atoms with E-state index in [1.807, 2.05) is 17.2 Å². The van der Waals surface area contributed by atoms with Crippen LogP contribution in [0.15, 0.2) is 43.1 Å². The van der Waals surface area contributed by atoms with Crippen molar-refractivity contribution in [3.05, 3.63) is 54.2 Å². The molecule has 3 aliphatic rings. The average Bonchev–Trinajstić information content (AvgIpc) is 3.40. The Morgan fingerprint density at radius 2 is 1.92 bits per heavy atom. The van der Waals surface area contributed by atoms with Gasteiger partial charge in [0.2, 0.25) is 5.91 Å². The Labute approximate surface area is 217 Å². The highest BCUT2D eigenvalue weighted by molar-refractivity contribution is 5.99. The molecule has 3 aliphatic heterocycles. The molecular formula is C29H32N6O2. The van der Waals surface area contributed by atoms with Gasteiger partial charge in [0.1, 0.15) is 6.07 Å². The molecule has 1 amide bonds. The number of morpholine rings is 1. The number of rotatable bonds is 4. The lowest BCUT2D eigenvalue weighted by Gasteiger charge is -2.54. The zero-order chi connectivity index (χ0) is 25.6. The first-order valence-electron chi connectivity index (χ1n) is 13.0. The summed E-state index contributed by atoms with van der Waals surface area (Å²) in [5.41, 5.74) is 7.12. The molecule has 0 saturated carbocycles. The number of hydrogen-bond donors (Lipinski definition) is 1. The summed E-state index contributed by atoms with van der Waals surface area (Å²) in [7, 11) is 0. The molecule has 190 valence electrons. The van der Waals surface area contributed by atoms with E-state index in [-0.39, 0.29) is 11.3 Å². The van der Waals surface area contributed by atoms with Crippen molar-refractivity contribution in [1.82, 2.24) is 15.1 Å². The molecule has 6 rings (SSSR count). The number of aromatic amines is 1. The van der Waals surface area contributed by atoms with E-state index in [0.717, 1.165) is 91.1 Å². The Balaban J connectivity index is 1.40. The van der Waals surface area contributed by atoms with Crippen molar-refractivity contribution in [2.75, 3.05) is 62.3 Å². The summed E-state index contributed by atoms with van der Waals surface area (Å²) >= 11 is 0. The van der Waals surface area contributed by atoms with E-state index >= 15 is 0 Å². The maximum absolute atomic E-state index is 12.0. The van der Waals surface area contributed by atoms with Gasteiger partial charge in [0.15, 0.2) is 0 Å². The fourth-order valence-electron chi connectivity index (χ4n) is 6.25. The van der Waals surface area contributed by atoms with Crippen LogP contribution in [-0.4, -0.2) is 73.5 Å². The lowest BCUT2D eigenvalue weighted by atomic mass is 9.71. The number of benzene rings is 2. The molecule has 4 heterocycles. The molecule has 0 aliphatic carbocycles. The van der Waals surface area contributed by atoms with E-state index in [1.54, 1.807) is 0 Å². The van der Waals surface area contributed by atoms with Crippen molar-refractivity contribution in [2.45, 2.75) is 19.8 Å². The van der Waals surface area contributed by atoms with Crippen LogP contribution >= 0.6 is 0 Å². The molecule has 2 aromatic carbocycles. The summed E-state index contributed by atoms with van der Waals surface area (Å²) in [5.74, 6) is 0.0199. The number of aryl methyl sites for hydroxylation is 1. The number of nitrogens with zero attached hydrogens (tertiary/aromatic N) is 5. The van der Waals surface area contributed by atoms with Crippen LogP contribution in [0.1, 0.15) is 24.0 Å². The third-order valence-electron chi connectivity index (χ3n) is 8.40. The zero-order valence-corrected chi connectivity index (χ0v) is 21.3. The molecule has 3 saturated heterocycles. The zero-order valence-electron chi connectivity index (χ0n) is 21.3. The highest BCUT2D eigenvalue weighted by atomic mass is 16.5. The summed E-state index contributed by atoms with van der Waals surface area (Å²) in [6.07, 6.45) is 5.28. The van der Waals surface area contributed by atoms with E-state index in [0.29, 0.717) is 18.8 Å². The highest BCUT2D eigenvalue weighted by Gasteiger charge is 2.46. The molecule has 1 aromatic heterocycles. The van der Waals surface area contributed by atoms with E-state index < -0.39 is 0 Å². The van der Waals surface area contributed by atoms with E-state index in [4.69, 9.17) is 4.74 Å². The smallest absolute Gasteiger partial charge is 0.245 e. The molecule has 0 atom stereocenters. The van der Waals surface area contributed by atoms with Crippen LogP contribution in [0.25, 0.3) is 22.0 Å². The highest BCUT2D eigenvalue weighted by Crippen LogP contribution is 2.45. The SMILES string of the molecule is C=CC(=O)N1CC2(CCN(c3cc(N4CCOCC4)cc(-c4c(C)ccc5[nH]ncc45)c3C#N)CC2)C1. The Hall–Kier alpha value is -3.83. The number of anilines is 2. The minimum Gasteiger partial charge on any atom is -0.378 e. The summed E-state index contributed by atoms with van der Waals surface area (Å²) in [6.45, 7) is 12.1. The van der Waals surface area contributed by atoms with Crippen molar-refractivity contribution in [2.24, 2.45) is 5.41 Å². The first kappa shape index (κ1) is 23.6. The van der Waals surface area contributed by atoms with Gasteiger partial charge in [0.25, 0.3) is 0 Å². The van der Waals surface area contributed by atoms with Crippen LogP contribution in [0, 0.1) is 23.7 Å². The summed E-state index contributed by atoms with van der Waals surface area (Å²) in [6, 6.07) is 11.1. The molecule has 0 radical (unpaired) electrons. The van der Waals surface area contributed by atoms with Crippen LogP contribution in [0.3, 0.4) is 0 Å². The van der Waals surface area contributed by atoms with Gasteiger partial charge in [0.05, 0.1) is 36.2 Å². The normalized spacial score (nSPS) is 19.1. The summed E-state index contributed by atoms with van der Waals surface area (Å²) < 4.78 is 5.62. The first-order valence-corrected chi connectivity index (χ1v) is 13.0. The van der Waals surface area contributed by atoms with E-state index in [1.165, 1.54) is 6.08 Å². The number of piperidine rings is 1. The van der Waals surface area contributed by atoms with Crippen molar-refractivity contribution in [1.29, 1.82) is 5.26 Å². The van der Waals surface area contributed by atoms with Crippen LogP contribution in [0.2, 0.25) is 0 Å². The lowest BCUT2D eigenvalue weighted by molar-refractivity contribution is -0.139. The molecular weight excluding hydrogens is 464 g/mol. The fraction of sp³-hybridized carbons (Fsp3) is 0.414. The number of fused-ring (bicyclic) bond motifs is 1. The summed E-state index contributed by atoms with van der Waals surface area (Å²) in [5, 5.41) is 18.9. The summed E-state index contributed by atoms with van der Waals surface area (Å²) in [4.78, 5) is 18.6. The quantitative estimate of drug-likeness (QED) is 0.552. The molecule has 3 aromatic rings. The maximum atomic E-state index is 12.0. The predicted octanol–water partition coefficient (Wildman–Crippen LogP) is 3.86. The van der Waals surface area contributed by atoms with Crippen molar-refractivity contribution in [3.8, 4) is 17.2 Å². The third kappa shape index (κ3) is 4.04. The van der Waals surface area contributed by atoms with Gasteiger partial charge in [-0.2, -0.15) is 10.4 Å². The lowest BCUT2D eigenvalue weighted by Crippen LogP contribution is -2.61. The van der Waals surface area contributed by atoms with Gasteiger partial charge in [0, 0.05) is 61.3 Å². The number of hydrogen-bond acceptors (Lipinski definition) is 6. The van der Waals surface area contributed by atoms with Gasteiger partial charge >= 0.3 is 0 Å². The molecule has 1 spiro atoms. The van der Waals surface area contributed by atoms with Crippen molar-refractivity contribution >= 4 is 28.2 Å². The second-order valence-corrected chi connectivity index (χ2v) is 10.6. The minimum absolute atomic E-state index is 0.0199. The minimum atomic E-state index is 0.0199. The van der Waals surface area contributed by atoms with Gasteiger partial charge in [-0.3, -0.25) is 9.89 Å². The number of amides is 1. The van der Waals surface area contributed by atoms with Crippen LogP contribution < -0.4 is 9.80 Å². The first-order chi connectivity index (χ1) is 18.0. The van der Waals surface area contributed by atoms with Crippen molar-refractivity contribution < 1.29 is 9.53 Å². The number of aromatic nitrogens is 2. The monoisotopic (exact) mass is 496 g/mol. The molecule has 37 heavy (non-hydrogen) atoms. The van der Waals surface area contributed by atoms with Gasteiger partial charge in [-0.05, 0) is 55.2 Å². The van der Waals surface area contributed by atoms with Gasteiger partial charge in [-0.15, -0.1) is 0 Å². The number of nitriles is 1. The van der Waals surface area contributed by atoms with Gasteiger partial charge in [-0.1, -0.05) is 12.6 Å². The van der Waals surface area contributed by atoms with Crippen LogP contribution in [-0.2, 0) is 9.53 Å². The third-order valence-corrected chi connectivity index (χ3v) is 8.40. The molecule has 8 heteroatoms. The Kier molecular flexibility index (Phi) is 5.88. The molecule has 3 fully saturated rings. The standard InChI is InChI=1S/C29H32N6O2/c1-3-27(36)35-18-29(19-35)6-8-34(9-7-29)26-15-21(33-10-12-37-13-11-33)14-22(23(26)16-30)28-20(2)4-5-25-24(28)17-31-32-25/h3-5,14-15,17H,1,6-13,18-19H2,2H3,(H,31,32). The largest absolute Gasteiger partial charge is 0.378 e. The second-order valence-electron chi connectivity index (χ2n) is 10.6. The number of carbonyl (C=O) groups is 1. The Morgan fingerprint density at radius 1 is 1.16 bits per heavy atom. The van der Waals surface area contributed by atoms with E-state index in [9.17, 15) is 10.1 Å². The van der Waals surface area contributed by atoms with E-state index in [2.05, 4.69) is 57.8 Å². The molecule has 0 unspecified atom stereocenters. The Bertz CT molecular complexity index is 1400. The number of H-pyrrole nitrogens is 1. The number of likely N-dealkylation sites (tertiary alicyclic amines) is 1. The van der Waals surface area contributed by atoms with Crippen LogP contribution in [0.4, 0.5) is 11.4 Å². The maximum Gasteiger partial charge on any atom is 0.245 e. The molecule has 0 bridgehead atoms. The number of nitrogens with one attached hydrogen (secondary N) is 1. The number of ether oxygens (including phenoxy) is 1. The number of carbonyl (C=O) groups excluding carboxylic acids is 1. The topological polar surface area (TPSA) is 88.5 Å². The van der Waals surface area contributed by atoms with Crippen molar-refractivity contribution in [3.63, 3.8) is 0 Å². The Morgan fingerprint density at radius 3 is 2.62 bits per heavy atom. The fourth-order valence-corrected chi connectivity index (χ4v) is 6.25. The average molecular weight is 497 g/mol. The second kappa shape index (κ2) is 9.24. The predicted molar refractivity (Wildman–Crippen MR) is 145 cm³/mol. The van der Waals surface area contributed by atoms with Crippen LogP contribution in [0.5, 0.6) is 0 Å². The van der Waals surface area contributed by atoms with Gasteiger partial charge < -0.3 is 19.4 Å².